The van der Waals surface area contributed by atoms with Crippen LogP contribution < -0.4 is 5.32 Å². The lowest BCUT2D eigenvalue weighted by atomic mass is 10.2. The highest BCUT2D eigenvalue weighted by molar-refractivity contribution is 7.16. The molecule has 1 unspecified atom stereocenters. The van der Waals surface area contributed by atoms with E-state index in [4.69, 9.17) is 4.74 Å². The van der Waals surface area contributed by atoms with Gasteiger partial charge in [-0.1, -0.05) is 11.3 Å². The lowest BCUT2D eigenvalue weighted by Crippen LogP contribution is -2.42. The summed E-state index contributed by atoms with van der Waals surface area (Å²) in [5, 5.41) is 17.0. The number of hydrogen-bond donors (Lipinski definition) is 1. The zero-order chi connectivity index (χ0) is 11.0. The van der Waals surface area contributed by atoms with E-state index in [1.54, 1.807) is 15.9 Å². The second-order valence-electron chi connectivity index (χ2n) is 3.87. The molecular weight excluding hydrogens is 226 g/mol. The zero-order valence-electron chi connectivity index (χ0n) is 9.01. The Bertz CT molecular complexity index is 487. The Labute approximate surface area is 96.6 Å². The van der Waals surface area contributed by atoms with Crippen molar-refractivity contribution in [2.45, 2.75) is 19.4 Å². The van der Waals surface area contributed by atoms with Crippen LogP contribution in [-0.4, -0.2) is 45.6 Å². The topological polar surface area (TPSA) is 64.3 Å². The van der Waals surface area contributed by atoms with Crippen LogP contribution in [0.15, 0.2) is 0 Å². The fraction of sp³-hybridized carbons (Fsp3) is 0.667. The molecule has 1 saturated heterocycles. The molecule has 0 aromatic carbocycles. The molecule has 1 fully saturated rings. The highest BCUT2D eigenvalue weighted by Gasteiger charge is 2.17. The molecule has 0 saturated carbocycles. The van der Waals surface area contributed by atoms with Gasteiger partial charge >= 0.3 is 0 Å². The minimum absolute atomic E-state index is 0.373. The maximum Gasteiger partial charge on any atom is 0.234 e. The van der Waals surface area contributed by atoms with Gasteiger partial charge in [0.05, 0.1) is 13.2 Å². The van der Waals surface area contributed by atoms with E-state index in [-0.39, 0.29) is 0 Å². The van der Waals surface area contributed by atoms with Crippen molar-refractivity contribution in [3.63, 3.8) is 0 Å². The van der Waals surface area contributed by atoms with Gasteiger partial charge in [-0.05, 0) is 6.92 Å². The van der Waals surface area contributed by atoms with Crippen LogP contribution >= 0.6 is 11.3 Å². The Balaban J connectivity index is 1.78. The third kappa shape index (κ3) is 1.81. The van der Waals surface area contributed by atoms with Crippen molar-refractivity contribution in [3.8, 4) is 0 Å². The van der Waals surface area contributed by atoms with Crippen molar-refractivity contribution in [2.75, 3.05) is 19.8 Å². The van der Waals surface area contributed by atoms with E-state index < -0.39 is 0 Å². The predicted octanol–water partition coefficient (Wildman–Crippen LogP) is 0.0251. The quantitative estimate of drug-likeness (QED) is 0.800. The summed E-state index contributed by atoms with van der Waals surface area (Å²) in [7, 11) is 0. The number of aromatic nitrogens is 4. The SMILES string of the molecule is Cc1nnc2sc(CC3COCCN3)nn12. The third-order valence-corrected chi connectivity index (χ3v) is 3.53. The first kappa shape index (κ1) is 10.1. The van der Waals surface area contributed by atoms with E-state index in [0.717, 1.165) is 42.0 Å². The first-order valence-electron chi connectivity index (χ1n) is 5.32. The van der Waals surface area contributed by atoms with Crippen molar-refractivity contribution in [1.82, 2.24) is 25.1 Å². The third-order valence-electron chi connectivity index (χ3n) is 2.61. The van der Waals surface area contributed by atoms with Gasteiger partial charge in [-0.15, -0.1) is 10.2 Å². The molecule has 0 amide bonds. The number of nitrogens with one attached hydrogen (secondary N) is 1. The molecule has 7 heteroatoms. The normalized spacial score (nSPS) is 21.7. The van der Waals surface area contributed by atoms with Crippen LogP contribution in [0.2, 0.25) is 0 Å². The molecule has 1 aliphatic heterocycles. The molecule has 1 N–H and O–H groups in total. The van der Waals surface area contributed by atoms with Crippen molar-refractivity contribution < 1.29 is 4.74 Å². The number of nitrogens with zero attached hydrogens (tertiary/aromatic N) is 4. The highest BCUT2D eigenvalue weighted by atomic mass is 32.1. The van der Waals surface area contributed by atoms with Gasteiger partial charge in [-0.25, -0.2) is 0 Å². The monoisotopic (exact) mass is 239 g/mol. The van der Waals surface area contributed by atoms with Gasteiger partial charge in [-0.2, -0.15) is 9.61 Å². The second-order valence-corrected chi connectivity index (χ2v) is 4.91. The number of aryl methyl sites for hydroxylation is 1. The molecular formula is C9H13N5OS. The number of morpholine rings is 1. The second kappa shape index (κ2) is 4.08. The van der Waals surface area contributed by atoms with E-state index in [1.807, 2.05) is 6.92 Å². The van der Waals surface area contributed by atoms with Crippen molar-refractivity contribution >= 4 is 16.3 Å². The molecule has 2 aromatic heterocycles. The van der Waals surface area contributed by atoms with Crippen LogP contribution in [0.3, 0.4) is 0 Å². The summed E-state index contributed by atoms with van der Waals surface area (Å²) in [6.45, 7) is 4.40. The van der Waals surface area contributed by atoms with E-state index in [9.17, 15) is 0 Å². The van der Waals surface area contributed by atoms with Crippen LogP contribution in [0.4, 0.5) is 0 Å². The molecule has 1 atom stereocenters. The molecule has 6 nitrogen and oxygen atoms in total. The minimum Gasteiger partial charge on any atom is -0.379 e. The average Bonchev–Trinajstić information content (AvgIpc) is 2.83. The minimum atomic E-state index is 0.373. The smallest absolute Gasteiger partial charge is 0.234 e. The first-order chi connectivity index (χ1) is 7.83. The summed E-state index contributed by atoms with van der Waals surface area (Å²) >= 11 is 1.59. The molecule has 0 bridgehead atoms. The van der Waals surface area contributed by atoms with E-state index >= 15 is 0 Å². The molecule has 2 aromatic rings. The molecule has 0 radical (unpaired) electrons. The lowest BCUT2D eigenvalue weighted by Gasteiger charge is -2.22. The molecule has 1 aliphatic rings. The van der Waals surface area contributed by atoms with Gasteiger partial charge in [0.25, 0.3) is 0 Å². The number of rotatable bonds is 2. The van der Waals surface area contributed by atoms with Gasteiger partial charge in [0.2, 0.25) is 4.96 Å². The zero-order valence-corrected chi connectivity index (χ0v) is 9.83. The van der Waals surface area contributed by atoms with E-state index in [0.29, 0.717) is 6.04 Å². The molecule has 3 heterocycles. The lowest BCUT2D eigenvalue weighted by molar-refractivity contribution is 0.0769. The standard InChI is InChI=1S/C9H13N5OS/c1-6-11-12-9-14(6)13-8(16-9)4-7-5-15-3-2-10-7/h7,10H,2-5H2,1H3. The summed E-state index contributed by atoms with van der Waals surface area (Å²) in [4.78, 5) is 0.865. The van der Waals surface area contributed by atoms with Crippen LogP contribution in [0.25, 0.3) is 4.96 Å². The van der Waals surface area contributed by atoms with Crippen molar-refractivity contribution in [2.24, 2.45) is 0 Å². The maximum atomic E-state index is 5.41. The van der Waals surface area contributed by atoms with Crippen LogP contribution in [-0.2, 0) is 11.2 Å². The van der Waals surface area contributed by atoms with E-state index in [2.05, 4.69) is 20.6 Å². The van der Waals surface area contributed by atoms with Gasteiger partial charge in [0.1, 0.15) is 5.01 Å². The average molecular weight is 239 g/mol. The number of hydrogen-bond acceptors (Lipinski definition) is 6. The first-order valence-corrected chi connectivity index (χ1v) is 6.13. The molecule has 3 rings (SSSR count). The van der Waals surface area contributed by atoms with Crippen LogP contribution in [0.5, 0.6) is 0 Å². The van der Waals surface area contributed by atoms with Gasteiger partial charge in [0.15, 0.2) is 5.82 Å². The van der Waals surface area contributed by atoms with E-state index in [1.165, 1.54) is 0 Å². The molecule has 0 aliphatic carbocycles. The molecule has 0 spiro atoms. The Hall–Kier alpha value is -1.05. The highest BCUT2D eigenvalue weighted by Crippen LogP contribution is 2.15. The predicted molar refractivity (Wildman–Crippen MR) is 59.7 cm³/mol. The van der Waals surface area contributed by atoms with Gasteiger partial charge in [0, 0.05) is 19.0 Å². The number of fused-ring (bicyclic) bond motifs is 1. The fourth-order valence-corrected chi connectivity index (χ4v) is 2.76. The summed E-state index contributed by atoms with van der Waals surface area (Å²) in [6.07, 6.45) is 0.896. The van der Waals surface area contributed by atoms with Crippen molar-refractivity contribution in [1.29, 1.82) is 0 Å². The Morgan fingerprint density at radius 3 is 3.25 bits per heavy atom. The van der Waals surface area contributed by atoms with Crippen LogP contribution in [0, 0.1) is 6.92 Å². The van der Waals surface area contributed by atoms with Gasteiger partial charge < -0.3 is 10.1 Å². The summed E-state index contributed by atoms with van der Waals surface area (Å²) in [5.74, 6) is 0.838. The maximum absolute atomic E-state index is 5.41. The molecule has 16 heavy (non-hydrogen) atoms. The van der Waals surface area contributed by atoms with Gasteiger partial charge in [-0.3, -0.25) is 0 Å². The largest absolute Gasteiger partial charge is 0.379 e. The summed E-state index contributed by atoms with van der Waals surface area (Å²) in [5.41, 5.74) is 0. The molecule has 86 valence electrons. The summed E-state index contributed by atoms with van der Waals surface area (Å²) < 4.78 is 7.21. The number of ether oxygens (including phenoxy) is 1. The Morgan fingerprint density at radius 1 is 1.56 bits per heavy atom. The fourth-order valence-electron chi connectivity index (χ4n) is 1.80. The summed E-state index contributed by atoms with van der Waals surface area (Å²) in [6, 6.07) is 0.373. The Kier molecular flexibility index (Phi) is 2.58. The van der Waals surface area contributed by atoms with Crippen molar-refractivity contribution in [3.05, 3.63) is 10.8 Å². The Morgan fingerprint density at radius 2 is 2.50 bits per heavy atom. The van der Waals surface area contributed by atoms with Crippen LogP contribution in [0.1, 0.15) is 10.8 Å².